The fourth-order valence-corrected chi connectivity index (χ4v) is 4.06. The summed E-state index contributed by atoms with van der Waals surface area (Å²) in [5.74, 6) is 1.87. The van der Waals surface area contributed by atoms with E-state index >= 15 is 0 Å². The summed E-state index contributed by atoms with van der Waals surface area (Å²) in [7, 11) is 2.29. The molecule has 2 fully saturated rings. The monoisotopic (exact) mass is 338 g/mol. The maximum atomic E-state index is 4.59. The summed E-state index contributed by atoms with van der Waals surface area (Å²) in [6.45, 7) is 2.09. The highest BCUT2D eigenvalue weighted by molar-refractivity contribution is 9.10. The first-order valence-electron chi connectivity index (χ1n) is 7.67. The van der Waals surface area contributed by atoms with E-state index < -0.39 is 0 Å². The highest BCUT2D eigenvalue weighted by Gasteiger charge is 2.35. The smallest absolute Gasteiger partial charge is 0.131 e. The third-order valence-corrected chi connectivity index (χ3v) is 5.16. The lowest BCUT2D eigenvalue weighted by molar-refractivity contribution is 0.0608. The Balaban J connectivity index is 1.70. The van der Waals surface area contributed by atoms with E-state index in [1.165, 1.54) is 32.1 Å². The zero-order valence-electron chi connectivity index (χ0n) is 12.3. The Hall–Kier alpha value is -0.680. The average molecular weight is 339 g/mol. The molecule has 2 atom stereocenters. The molecule has 3 heterocycles. The molecule has 4 nitrogen and oxygen atoms in total. The van der Waals surface area contributed by atoms with E-state index in [9.17, 15) is 0 Å². The lowest BCUT2D eigenvalue weighted by Gasteiger charge is -2.47. The van der Waals surface area contributed by atoms with Crippen molar-refractivity contribution in [2.75, 3.05) is 12.4 Å². The Morgan fingerprint density at radius 2 is 2.00 bits per heavy atom. The van der Waals surface area contributed by atoms with Gasteiger partial charge in [0.1, 0.15) is 16.2 Å². The van der Waals surface area contributed by atoms with Gasteiger partial charge in [0.05, 0.1) is 0 Å². The number of hydrogen-bond acceptors (Lipinski definition) is 4. The molecule has 2 aliphatic heterocycles. The standard InChI is InChI=1S/C15H23BrN4/c1-3-14-18-13(16)9-15(19-14)17-10-7-11-5-4-6-12(8-10)20(11)2/h9-12H,3-8H2,1-2H3,(H,17,18,19). The van der Waals surface area contributed by atoms with Gasteiger partial charge in [-0.15, -0.1) is 0 Å². The normalized spacial score (nSPS) is 30.2. The van der Waals surface area contributed by atoms with E-state index in [2.05, 4.69) is 50.1 Å². The van der Waals surface area contributed by atoms with Crippen LogP contribution in [-0.4, -0.2) is 40.0 Å². The number of nitrogens with one attached hydrogen (secondary N) is 1. The van der Waals surface area contributed by atoms with Crippen LogP contribution in [0.3, 0.4) is 0 Å². The van der Waals surface area contributed by atoms with E-state index in [-0.39, 0.29) is 0 Å². The second-order valence-electron chi connectivity index (χ2n) is 6.06. The Morgan fingerprint density at radius 3 is 2.65 bits per heavy atom. The molecule has 3 rings (SSSR count). The van der Waals surface area contributed by atoms with E-state index in [0.29, 0.717) is 6.04 Å². The Labute approximate surface area is 129 Å². The van der Waals surface area contributed by atoms with Crippen molar-refractivity contribution >= 4 is 21.7 Å². The Bertz CT molecular complexity index is 465. The number of rotatable bonds is 3. The van der Waals surface area contributed by atoms with Crippen molar-refractivity contribution in [1.29, 1.82) is 0 Å². The maximum Gasteiger partial charge on any atom is 0.131 e. The summed E-state index contributed by atoms with van der Waals surface area (Å²) in [5.41, 5.74) is 0. The van der Waals surface area contributed by atoms with Crippen molar-refractivity contribution in [1.82, 2.24) is 14.9 Å². The first-order valence-corrected chi connectivity index (χ1v) is 8.47. The molecule has 0 aliphatic carbocycles. The van der Waals surface area contributed by atoms with Crippen LogP contribution in [0, 0.1) is 0 Å². The fraction of sp³-hybridized carbons (Fsp3) is 0.733. The quantitative estimate of drug-likeness (QED) is 0.859. The van der Waals surface area contributed by atoms with E-state index in [1.54, 1.807) is 0 Å². The number of halogens is 1. The molecular formula is C15H23BrN4. The predicted octanol–water partition coefficient (Wildman–Crippen LogP) is 3.23. The molecule has 1 N–H and O–H groups in total. The van der Waals surface area contributed by atoms with Gasteiger partial charge < -0.3 is 10.2 Å². The van der Waals surface area contributed by atoms with Crippen LogP contribution in [0.1, 0.15) is 44.9 Å². The van der Waals surface area contributed by atoms with E-state index in [0.717, 1.165) is 34.7 Å². The van der Waals surface area contributed by atoms with E-state index in [4.69, 9.17) is 0 Å². The summed E-state index contributed by atoms with van der Waals surface area (Å²) in [6, 6.07) is 4.03. The molecule has 0 radical (unpaired) electrons. The fourth-order valence-electron chi connectivity index (χ4n) is 3.64. The van der Waals surface area contributed by atoms with Gasteiger partial charge >= 0.3 is 0 Å². The van der Waals surface area contributed by atoms with Gasteiger partial charge in [0, 0.05) is 30.6 Å². The molecule has 20 heavy (non-hydrogen) atoms. The topological polar surface area (TPSA) is 41.1 Å². The van der Waals surface area contributed by atoms with Crippen LogP contribution in [-0.2, 0) is 6.42 Å². The summed E-state index contributed by atoms with van der Waals surface area (Å²) in [4.78, 5) is 11.6. The van der Waals surface area contributed by atoms with Crippen molar-refractivity contribution in [3.8, 4) is 0 Å². The van der Waals surface area contributed by atoms with Crippen LogP contribution in [0.15, 0.2) is 10.7 Å². The average Bonchev–Trinajstić information content (AvgIpc) is 2.39. The minimum atomic E-state index is 0.549. The van der Waals surface area contributed by atoms with Crippen molar-refractivity contribution in [3.63, 3.8) is 0 Å². The summed E-state index contributed by atoms with van der Waals surface area (Å²) in [5, 5.41) is 3.64. The molecule has 0 aromatic carbocycles. The first-order chi connectivity index (χ1) is 9.65. The maximum absolute atomic E-state index is 4.59. The van der Waals surface area contributed by atoms with Gasteiger partial charge in [-0.05, 0) is 48.7 Å². The van der Waals surface area contributed by atoms with Crippen molar-refractivity contribution < 1.29 is 0 Å². The van der Waals surface area contributed by atoms with E-state index in [1.807, 2.05) is 6.07 Å². The lowest BCUT2D eigenvalue weighted by Crippen LogP contribution is -2.52. The van der Waals surface area contributed by atoms with Crippen LogP contribution < -0.4 is 5.32 Å². The van der Waals surface area contributed by atoms with Gasteiger partial charge in [0.15, 0.2) is 0 Å². The SMILES string of the molecule is CCc1nc(Br)cc(NC2CC3CCCC(C2)N3C)n1. The third kappa shape index (κ3) is 2.98. The molecule has 2 unspecified atom stereocenters. The zero-order chi connectivity index (χ0) is 14.1. The van der Waals surface area contributed by atoms with Crippen LogP contribution in [0.2, 0.25) is 0 Å². The highest BCUT2D eigenvalue weighted by atomic mass is 79.9. The summed E-state index contributed by atoms with van der Waals surface area (Å²) in [6.07, 6.45) is 7.42. The summed E-state index contributed by atoms with van der Waals surface area (Å²) >= 11 is 3.48. The van der Waals surface area contributed by atoms with Crippen LogP contribution in [0.4, 0.5) is 5.82 Å². The molecule has 2 aliphatic rings. The Morgan fingerprint density at radius 1 is 1.30 bits per heavy atom. The number of hydrogen-bond donors (Lipinski definition) is 1. The predicted molar refractivity (Wildman–Crippen MR) is 84.9 cm³/mol. The van der Waals surface area contributed by atoms with Crippen LogP contribution in [0.5, 0.6) is 0 Å². The number of aryl methyl sites for hydroxylation is 1. The Kier molecular flexibility index (Phi) is 4.26. The molecule has 110 valence electrons. The number of anilines is 1. The van der Waals surface area contributed by atoms with Gasteiger partial charge in [-0.25, -0.2) is 9.97 Å². The second-order valence-corrected chi connectivity index (χ2v) is 6.87. The van der Waals surface area contributed by atoms with Crippen LogP contribution >= 0.6 is 15.9 Å². The molecule has 0 saturated carbocycles. The number of aromatic nitrogens is 2. The van der Waals surface area contributed by atoms with Crippen molar-refractivity contribution in [2.24, 2.45) is 0 Å². The van der Waals surface area contributed by atoms with Gasteiger partial charge in [-0.2, -0.15) is 0 Å². The molecule has 1 aromatic rings. The second kappa shape index (κ2) is 5.98. The van der Waals surface area contributed by atoms with Crippen molar-refractivity contribution in [2.45, 2.75) is 63.6 Å². The minimum Gasteiger partial charge on any atom is -0.367 e. The van der Waals surface area contributed by atoms with Crippen LogP contribution in [0.25, 0.3) is 0 Å². The number of nitrogens with zero attached hydrogens (tertiary/aromatic N) is 3. The van der Waals surface area contributed by atoms with Gasteiger partial charge in [0.2, 0.25) is 0 Å². The first kappa shape index (κ1) is 14.3. The molecule has 0 spiro atoms. The third-order valence-electron chi connectivity index (χ3n) is 4.75. The lowest BCUT2D eigenvalue weighted by atomic mass is 9.82. The molecule has 5 heteroatoms. The molecule has 0 amide bonds. The molecule has 1 aromatic heterocycles. The zero-order valence-corrected chi connectivity index (χ0v) is 13.9. The highest BCUT2D eigenvalue weighted by Crippen LogP contribution is 2.33. The summed E-state index contributed by atoms with van der Waals surface area (Å²) < 4.78 is 0.875. The van der Waals surface area contributed by atoms with Crippen molar-refractivity contribution in [3.05, 3.63) is 16.5 Å². The van der Waals surface area contributed by atoms with Gasteiger partial charge in [-0.1, -0.05) is 13.3 Å². The van der Waals surface area contributed by atoms with Gasteiger partial charge in [0.25, 0.3) is 0 Å². The number of piperidine rings is 2. The molecular weight excluding hydrogens is 316 g/mol. The van der Waals surface area contributed by atoms with Gasteiger partial charge in [-0.3, -0.25) is 0 Å². The minimum absolute atomic E-state index is 0.549. The molecule has 2 bridgehead atoms. The molecule has 2 saturated heterocycles. The largest absolute Gasteiger partial charge is 0.367 e. The number of fused-ring (bicyclic) bond motifs is 2.